The minimum atomic E-state index is -0.669. The number of nitrogens with zero attached hydrogens (tertiary/aromatic N) is 3. The maximum atomic E-state index is 9.12. The van der Waals surface area contributed by atoms with E-state index in [1.54, 1.807) is 18.2 Å². The van der Waals surface area contributed by atoms with Crippen molar-refractivity contribution in [3.05, 3.63) is 47.2 Å². The smallest absolute Gasteiger partial charge is 0.251 e. The van der Waals surface area contributed by atoms with Gasteiger partial charge in [0.2, 0.25) is 5.89 Å². The molecule has 1 aliphatic heterocycles. The zero-order valence-electron chi connectivity index (χ0n) is 13.7. The lowest BCUT2D eigenvalue weighted by molar-refractivity contribution is -0.102. The molecule has 2 aromatic rings. The molecule has 1 atom stereocenters. The first-order chi connectivity index (χ1) is 11.6. The topological polar surface area (TPSA) is 81.2 Å². The second-order valence-electron chi connectivity index (χ2n) is 5.94. The van der Waals surface area contributed by atoms with Gasteiger partial charge in [-0.25, -0.2) is 0 Å². The number of hydrogen-bond donors (Lipinski definition) is 0. The van der Waals surface area contributed by atoms with Crippen molar-refractivity contribution in [1.82, 2.24) is 10.2 Å². The molecule has 24 heavy (non-hydrogen) atoms. The van der Waals surface area contributed by atoms with Crippen molar-refractivity contribution in [2.24, 2.45) is 0 Å². The fourth-order valence-corrected chi connectivity index (χ4v) is 2.70. The van der Waals surface area contributed by atoms with Gasteiger partial charge in [-0.3, -0.25) is 0 Å². The lowest BCUT2D eigenvalue weighted by Gasteiger charge is -2.26. The van der Waals surface area contributed by atoms with Crippen molar-refractivity contribution in [2.75, 3.05) is 13.2 Å². The van der Waals surface area contributed by atoms with Crippen molar-refractivity contribution in [2.45, 2.75) is 32.0 Å². The Balaban J connectivity index is 1.83. The Hall–Kier alpha value is -2.49. The molecule has 0 N–H and O–H groups in total. The SMILES string of the molecule is CC(C)OC1(c2nnc(/C=C/c3ccccc3C#N)o2)CCOC1. The van der Waals surface area contributed by atoms with Gasteiger partial charge < -0.3 is 13.9 Å². The molecule has 0 aliphatic carbocycles. The Morgan fingerprint density at radius 3 is 2.83 bits per heavy atom. The standard InChI is InChI=1S/C18H19N3O3/c1-13(2)24-18(9-10-22-12-18)17-21-20-16(23-17)8-7-14-5-3-4-6-15(14)11-19/h3-8,13H,9-10,12H2,1-2H3/b8-7+. The van der Waals surface area contributed by atoms with E-state index in [0.29, 0.717) is 37.0 Å². The lowest BCUT2D eigenvalue weighted by Crippen LogP contribution is -2.33. The van der Waals surface area contributed by atoms with Gasteiger partial charge in [-0.2, -0.15) is 5.26 Å². The third-order valence-electron chi connectivity index (χ3n) is 3.76. The summed E-state index contributed by atoms with van der Waals surface area (Å²) in [7, 11) is 0. The Bertz CT molecular complexity index is 768. The molecule has 0 spiro atoms. The Morgan fingerprint density at radius 1 is 1.29 bits per heavy atom. The van der Waals surface area contributed by atoms with Crippen LogP contribution in [0.3, 0.4) is 0 Å². The Kier molecular flexibility index (Phi) is 4.74. The van der Waals surface area contributed by atoms with E-state index in [9.17, 15) is 0 Å². The van der Waals surface area contributed by atoms with E-state index >= 15 is 0 Å². The monoisotopic (exact) mass is 325 g/mol. The van der Waals surface area contributed by atoms with Crippen molar-refractivity contribution < 1.29 is 13.9 Å². The Labute approximate surface area is 140 Å². The van der Waals surface area contributed by atoms with Gasteiger partial charge in [-0.05, 0) is 31.6 Å². The number of rotatable bonds is 5. The first-order valence-electron chi connectivity index (χ1n) is 7.90. The first kappa shape index (κ1) is 16.4. The molecular weight excluding hydrogens is 306 g/mol. The van der Waals surface area contributed by atoms with Crippen molar-refractivity contribution in [1.29, 1.82) is 5.26 Å². The molecule has 0 amide bonds. The van der Waals surface area contributed by atoms with E-state index in [1.165, 1.54) is 0 Å². The summed E-state index contributed by atoms with van der Waals surface area (Å²) < 4.78 is 17.3. The maximum absolute atomic E-state index is 9.12. The summed E-state index contributed by atoms with van der Waals surface area (Å²) in [4.78, 5) is 0. The third-order valence-corrected chi connectivity index (χ3v) is 3.76. The largest absolute Gasteiger partial charge is 0.418 e. The summed E-state index contributed by atoms with van der Waals surface area (Å²) >= 11 is 0. The molecule has 2 heterocycles. The lowest BCUT2D eigenvalue weighted by atomic mass is 10.0. The van der Waals surface area contributed by atoms with Crippen LogP contribution in [0.4, 0.5) is 0 Å². The van der Waals surface area contributed by atoms with Gasteiger partial charge in [-0.15, -0.1) is 10.2 Å². The second kappa shape index (κ2) is 6.95. The number of nitriles is 1. The van der Waals surface area contributed by atoms with Gasteiger partial charge in [0.15, 0.2) is 5.60 Å². The second-order valence-corrected chi connectivity index (χ2v) is 5.94. The maximum Gasteiger partial charge on any atom is 0.251 e. The molecule has 1 unspecified atom stereocenters. The fraction of sp³-hybridized carbons (Fsp3) is 0.389. The van der Waals surface area contributed by atoms with E-state index in [-0.39, 0.29) is 6.10 Å². The third kappa shape index (κ3) is 3.37. The molecule has 1 aromatic carbocycles. The van der Waals surface area contributed by atoms with Crippen LogP contribution in [0.1, 0.15) is 43.2 Å². The van der Waals surface area contributed by atoms with Crippen LogP contribution < -0.4 is 0 Å². The number of ether oxygens (including phenoxy) is 2. The van der Waals surface area contributed by atoms with Gasteiger partial charge in [0.25, 0.3) is 5.89 Å². The minimum absolute atomic E-state index is 0.0279. The van der Waals surface area contributed by atoms with Crippen LogP contribution in [0.25, 0.3) is 12.2 Å². The van der Waals surface area contributed by atoms with E-state index in [1.807, 2.05) is 32.0 Å². The average Bonchev–Trinajstić information content (AvgIpc) is 3.22. The summed E-state index contributed by atoms with van der Waals surface area (Å²) in [6, 6.07) is 9.48. The molecule has 3 rings (SSSR count). The average molecular weight is 325 g/mol. The van der Waals surface area contributed by atoms with E-state index < -0.39 is 5.60 Å². The van der Waals surface area contributed by atoms with Crippen molar-refractivity contribution >= 4 is 12.2 Å². The summed E-state index contributed by atoms with van der Waals surface area (Å²) in [6.45, 7) is 4.95. The highest BCUT2D eigenvalue weighted by molar-refractivity contribution is 5.69. The molecule has 0 saturated carbocycles. The highest BCUT2D eigenvalue weighted by atomic mass is 16.6. The highest BCUT2D eigenvalue weighted by Crippen LogP contribution is 2.35. The van der Waals surface area contributed by atoms with Gasteiger partial charge in [0, 0.05) is 12.5 Å². The van der Waals surface area contributed by atoms with Crippen LogP contribution in [0.5, 0.6) is 0 Å². The van der Waals surface area contributed by atoms with Crippen LogP contribution in [0.2, 0.25) is 0 Å². The predicted molar refractivity (Wildman–Crippen MR) is 87.7 cm³/mol. The van der Waals surface area contributed by atoms with Crippen LogP contribution in [-0.4, -0.2) is 29.5 Å². The molecule has 6 nitrogen and oxygen atoms in total. The van der Waals surface area contributed by atoms with Gasteiger partial charge in [-0.1, -0.05) is 18.2 Å². The highest BCUT2D eigenvalue weighted by Gasteiger charge is 2.43. The van der Waals surface area contributed by atoms with E-state index in [4.69, 9.17) is 19.2 Å². The zero-order chi connectivity index (χ0) is 17.0. The zero-order valence-corrected chi connectivity index (χ0v) is 13.7. The van der Waals surface area contributed by atoms with Gasteiger partial charge in [0.1, 0.15) is 0 Å². The first-order valence-corrected chi connectivity index (χ1v) is 7.90. The molecule has 0 bridgehead atoms. The minimum Gasteiger partial charge on any atom is -0.418 e. The van der Waals surface area contributed by atoms with Crippen LogP contribution >= 0.6 is 0 Å². The summed E-state index contributed by atoms with van der Waals surface area (Å²) in [5.74, 6) is 0.804. The molecule has 1 saturated heterocycles. The van der Waals surface area contributed by atoms with Crippen LogP contribution in [0.15, 0.2) is 28.7 Å². The molecular formula is C18H19N3O3. The van der Waals surface area contributed by atoms with Crippen LogP contribution in [0, 0.1) is 11.3 Å². The fourth-order valence-electron chi connectivity index (χ4n) is 2.70. The Morgan fingerprint density at radius 2 is 2.12 bits per heavy atom. The molecule has 124 valence electrons. The van der Waals surface area contributed by atoms with Crippen molar-refractivity contribution in [3.63, 3.8) is 0 Å². The number of benzene rings is 1. The normalized spacial score (nSPS) is 20.8. The summed E-state index contributed by atoms with van der Waals surface area (Å²) in [5, 5.41) is 17.3. The number of aromatic nitrogens is 2. The summed E-state index contributed by atoms with van der Waals surface area (Å²) in [5.41, 5.74) is 0.729. The molecule has 6 heteroatoms. The van der Waals surface area contributed by atoms with E-state index in [0.717, 1.165) is 5.56 Å². The summed E-state index contributed by atoms with van der Waals surface area (Å²) in [6.07, 6.45) is 4.20. The predicted octanol–water partition coefficient (Wildman–Crippen LogP) is 3.15. The van der Waals surface area contributed by atoms with E-state index in [2.05, 4.69) is 16.3 Å². The number of hydrogen-bond acceptors (Lipinski definition) is 6. The molecule has 1 fully saturated rings. The molecule has 0 radical (unpaired) electrons. The van der Waals surface area contributed by atoms with Gasteiger partial charge >= 0.3 is 0 Å². The van der Waals surface area contributed by atoms with Gasteiger partial charge in [0.05, 0.1) is 31.0 Å². The molecule has 1 aliphatic rings. The quantitative estimate of drug-likeness (QED) is 0.840. The van der Waals surface area contributed by atoms with Crippen LogP contribution in [-0.2, 0) is 15.1 Å². The molecule has 1 aromatic heterocycles. The van der Waals surface area contributed by atoms with Crippen molar-refractivity contribution in [3.8, 4) is 6.07 Å².